The molecule has 78 valence electrons. The van der Waals surface area contributed by atoms with Crippen LogP contribution in [0, 0.1) is 5.82 Å². The van der Waals surface area contributed by atoms with Gasteiger partial charge in [0.2, 0.25) is 0 Å². The molecule has 0 aliphatic rings. The van der Waals surface area contributed by atoms with E-state index in [0.717, 1.165) is 6.42 Å². The summed E-state index contributed by atoms with van der Waals surface area (Å²) in [4.78, 5) is 0. The number of hydrogen-bond donors (Lipinski definition) is 1. The summed E-state index contributed by atoms with van der Waals surface area (Å²) in [5.74, 6) is -0.350. The molecular formula is C11H15FO2. The molecule has 2 nitrogen and oxygen atoms in total. The van der Waals surface area contributed by atoms with Crippen LogP contribution >= 0.6 is 0 Å². The summed E-state index contributed by atoms with van der Waals surface area (Å²) in [5, 5.41) is 9.63. The highest BCUT2D eigenvalue weighted by Gasteiger charge is 2.10. The van der Waals surface area contributed by atoms with Crippen molar-refractivity contribution in [3.63, 3.8) is 0 Å². The van der Waals surface area contributed by atoms with Crippen LogP contribution in [0.5, 0.6) is 0 Å². The lowest BCUT2D eigenvalue weighted by atomic mass is 10.0. The molecule has 0 aliphatic carbocycles. The van der Waals surface area contributed by atoms with Gasteiger partial charge in [0.1, 0.15) is 5.82 Å². The number of methoxy groups -OCH3 is 1. The Morgan fingerprint density at radius 3 is 2.79 bits per heavy atom. The molecule has 1 unspecified atom stereocenters. The lowest BCUT2D eigenvalue weighted by Gasteiger charge is -2.10. The van der Waals surface area contributed by atoms with Crippen molar-refractivity contribution in [2.24, 2.45) is 0 Å². The summed E-state index contributed by atoms with van der Waals surface area (Å²) in [6.45, 7) is 0.589. The Bertz CT molecular complexity index is 276. The predicted octanol–water partition coefficient (Wildman–Crippen LogP) is 2.29. The third kappa shape index (κ3) is 3.09. The van der Waals surface area contributed by atoms with Crippen molar-refractivity contribution in [2.75, 3.05) is 13.7 Å². The van der Waals surface area contributed by atoms with Gasteiger partial charge in [0.15, 0.2) is 0 Å². The molecule has 0 amide bonds. The van der Waals surface area contributed by atoms with Crippen molar-refractivity contribution in [3.05, 3.63) is 35.6 Å². The Morgan fingerprint density at radius 2 is 2.14 bits per heavy atom. The van der Waals surface area contributed by atoms with E-state index in [-0.39, 0.29) is 5.82 Å². The van der Waals surface area contributed by atoms with Crippen molar-refractivity contribution in [1.29, 1.82) is 0 Å². The first-order chi connectivity index (χ1) is 6.75. The Kier molecular flexibility index (Phi) is 4.56. The summed E-state index contributed by atoms with van der Waals surface area (Å²) < 4.78 is 18.0. The summed E-state index contributed by atoms with van der Waals surface area (Å²) in [6.07, 6.45) is 0.521. The molecule has 1 rings (SSSR count). The van der Waals surface area contributed by atoms with Gasteiger partial charge < -0.3 is 9.84 Å². The van der Waals surface area contributed by atoms with Crippen molar-refractivity contribution in [2.45, 2.75) is 18.9 Å². The Balaban J connectivity index is 2.51. The highest BCUT2D eigenvalue weighted by atomic mass is 19.1. The molecule has 1 atom stereocenters. The Hall–Kier alpha value is -0.930. The van der Waals surface area contributed by atoms with Gasteiger partial charge in [-0.25, -0.2) is 4.39 Å². The Labute approximate surface area is 83.3 Å². The molecule has 1 aromatic rings. The highest BCUT2D eigenvalue weighted by molar-refractivity contribution is 5.19. The topological polar surface area (TPSA) is 29.5 Å². The van der Waals surface area contributed by atoms with Crippen molar-refractivity contribution < 1.29 is 14.2 Å². The molecule has 0 aliphatic heterocycles. The van der Waals surface area contributed by atoms with Crippen molar-refractivity contribution in [3.8, 4) is 0 Å². The van der Waals surface area contributed by atoms with Crippen LogP contribution in [0.4, 0.5) is 4.39 Å². The van der Waals surface area contributed by atoms with Crippen LogP contribution in [-0.2, 0) is 4.74 Å². The van der Waals surface area contributed by atoms with Gasteiger partial charge in [-0.05, 0) is 18.9 Å². The van der Waals surface area contributed by atoms with E-state index >= 15 is 0 Å². The van der Waals surface area contributed by atoms with E-state index in [2.05, 4.69) is 0 Å². The fourth-order valence-electron chi connectivity index (χ4n) is 1.32. The summed E-state index contributed by atoms with van der Waals surface area (Å²) in [7, 11) is 1.61. The van der Waals surface area contributed by atoms with Gasteiger partial charge in [-0.1, -0.05) is 18.2 Å². The van der Waals surface area contributed by atoms with E-state index in [4.69, 9.17) is 4.74 Å². The summed E-state index contributed by atoms with van der Waals surface area (Å²) in [5.41, 5.74) is 0.364. The van der Waals surface area contributed by atoms with Crippen LogP contribution in [0.25, 0.3) is 0 Å². The molecule has 0 fully saturated rings. The van der Waals surface area contributed by atoms with Gasteiger partial charge in [-0.2, -0.15) is 0 Å². The zero-order chi connectivity index (χ0) is 10.4. The molecule has 0 bridgehead atoms. The molecule has 1 N–H and O–H groups in total. The molecule has 0 saturated heterocycles. The number of rotatable bonds is 5. The molecular weight excluding hydrogens is 183 g/mol. The molecule has 0 heterocycles. The number of aliphatic hydroxyl groups is 1. The number of benzene rings is 1. The smallest absolute Gasteiger partial charge is 0.128 e. The lowest BCUT2D eigenvalue weighted by molar-refractivity contribution is 0.133. The quantitative estimate of drug-likeness (QED) is 0.735. The normalized spacial score (nSPS) is 12.8. The number of ether oxygens (including phenoxy) is 1. The molecule has 3 heteroatoms. The maximum absolute atomic E-state index is 13.2. The van der Waals surface area contributed by atoms with E-state index in [9.17, 15) is 9.50 Å². The zero-order valence-corrected chi connectivity index (χ0v) is 8.24. The van der Waals surface area contributed by atoms with Gasteiger partial charge in [0, 0.05) is 19.3 Å². The molecule has 0 saturated carbocycles. The third-order valence-corrected chi connectivity index (χ3v) is 2.09. The van der Waals surface area contributed by atoms with Gasteiger partial charge in [0.25, 0.3) is 0 Å². The van der Waals surface area contributed by atoms with Gasteiger partial charge in [-0.3, -0.25) is 0 Å². The number of hydrogen-bond acceptors (Lipinski definition) is 2. The average molecular weight is 198 g/mol. The number of aliphatic hydroxyl groups excluding tert-OH is 1. The van der Waals surface area contributed by atoms with Crippen molar-refractivity contribution >= 4 is 0 Å². The molecule has 0 spiro atoms. The van der Waals surface area contributed by atoms with Gasteiger partial charge in [0.05, 0.1) is 6.10 Å². The van der Waals surface area contributed by atoms with Crippen LogP contribution in [0.2, 0.25) is 0 Å². The second kappa shape index (κ2) is 5.73. The largest absolute Gasteiger partial charge is 0.388 e. The standard InChI is InChI=1S/C11H15FO2/c1-14-8-4-7-11(13)9-5-2-3-6-10(9)12/h2-3,5-6,11,13H,4,7-8H2,1H3. The lowest BCUT2D eigenvalue weighted by Crippen LogP contribution is -2.02. The first-order valence-electron chi connectivity index (χ1n) is 4.67. The SMILES string of the molecule is COCCCC(O)c1ccccc1F. The first-order valence-corrected chi connectivity index (χ1v) is 4.67. The highest BCUT2D eigenvalue weighted by Crippen LogP contribution is 2.20. The minimum atomic E-state index is -0.730. The summed E-state index contributed by atoms with van der Waals surface area (Å²) >= 11 is 0. The van der Waals surface area contributed by atoms with Gasteiger partial charge in [-0.15, -0.1) is 0 Å². The van der Waals surface area contributed by atoms with Crippen LogP contribution in [0.1, 0.15) is 24.5 Å². The van der Waals surface area contributed by atoms with E-state index in [1.165, 1.54) is 6.07 Å². The second-order valence-corrected chi connectivity index (χ2v) is 3.17. The minimum absolute atomic E-state index is 0.350. The molecule has 0 radical (unpaired) electrons. The Morgan fingerprint density at radius 1 is 1.43 bits per heavy atom. The van der Waals surface area contributed by atoms with E-state index in [0.29, 0.717) is 18.6 Å². The number of halogens is 1. The fourth-order valence-corrected chi connectivity index (χ4v) is 1.32. The fraction of sp³-hybridized carbons (Fsp3) is 0.455. The maximum Gasteiger partial charge on any atom is 0.128 e. The van der Waals surface area contributed by atoms with E-state index < -0.39 is 6.10 Å². The van der Waals surface area contributed by atoms with Crippen LogP contribution in [0.3, 0.4) is 0 Å². The second-order valence-electron chi connectivity index (χ2n) is 3.17. The summed E-state index contributed by atoms with van der Waals surface area (Å²) in [6, 6.07) is 6.29. The van der Waals surface area contributed by atoms with Crippen LogP contribution in [-0.4, -0.2) is 18.8 Å². The predicted molar refractivity (Wildman–Crippen MR) is 52.5 cm³/mol. The third-order valence-electron chi connectivity index (χ3n) is 2.09. The van der Waals surface area contributed by atoms with E-state index in [1.807, 2.05) is 0 Å². The maximum atomic E-state index is 13.2. The van der Waals surface area contributed by atoms with Crippen LogP contribution in [0.15, 0.2) is 24.3 Å². The zero-order valence-electron chi connectivity index (χ0n) is 8.24. The molecule has 0 aromatic heterocycles. The van der Waals surface area contributed by atoms with Crippen molar-refractivity contribution in [1.82, 2.24) is 0 Å². The first kappa shape index (κ1) is 11.1. The molecule has 1 aromatic carbocycles. The molecule has 14 heavy (non-hydrogen) atoms. The average Bonchev–Trinajstić information content (AvgIpc) is 2.18. The van der Waals surface area contributed by atoms with Gasteiger partial charge >= 0.3 is 0 Å². The van der Waals surface area contributed by atoms with E-state index in [1.54, 1.807) is 25.3 Å². The van der Waals surface area contributed by atoms with Crippen LogP contribution < -0.4 is 0 Å². The minimum Gasteiger partial charge on any atom is -0.388 e. The monoisotopic (exact) mass is 198 g/mol.